The highest BCUT2D eigenvalue weighted by Gasteiger charge is 2.49. The lowest BCUT2D eigenvalue weighted by molar-refractivity contribution is 0.689. The Hall–Kier alpha value is -5.64. The third-order valence-corrected chi connectivity index (χ3v) is 11.7. The zero-order chi connectivity index (χ0) is 34.5. The molecule has 0 radical (unpaired) electrons. The first-order chi connectivity index (χ1) is 25.2. The summed E-state index contributed by atoms with van der Waals surface area (Å²) in [7, 11) is 0. The molecule has 1 aromatic heterocycles. The number of nitrogens with zero attached hydrogens (tertiary/aromatic N) is 1. The molecule has 1 N–H and O–H groups in total. The first-order valence-corrected chi connectivity index (χ1v) is 18.8. The number of hydrogen-bond donors (Lipinski definition) is 1. The minimum atomic E-state index is -0.542. The Morgan fingerprint density at radius 1 is 0.667 bits per heavy atom. The Labute approximate surface area is 304 Å². The van der Waals surface area contributed by atoms with E-state index in [9.17, 15) is 5.41 Å². The van der Waals surface area contributed by atoms with E-state index in [1.165, 1.54) is 59.5 Å². The molecular formula is C48H38N2S. The average Bonchev–Trinajstić information content (AvgIpc) is 3.55. The molecule has 3 heterocycles. The number of hydrogen-bond acceptors (Lipinski definition) is 2. The van der Waals surface area contributed by atoms with Gasteiger partial charge < -0.3 is 9.98 Å². The van der Waals surface area contributed by atoms with Crippen LogP contribution in [-0.4, -0.2) is 10.3 Å². The van der Waals surface area contributed by atoms with E-state index >= 15 is 0 Å². The molecule has 2 nitrogen and oxygen atoms in total. The average molecular weight is 675 g/mol. The van der Waals surface area contributed by atoms with Crippen molar-refractivity contribution in [2.24, 2.45) is 0 Å². The highest BCUT2D eigenvalue weighted by atomic mass is 32.2. The van der Waals surface area contributed by atoms with Gasteiger partial charge >= 0.3 is 0 Å². The van der Waals surface area contributed by atoms with Crippen LogP contribution in [-0.2, 0) is 5.41 Å². The molecule has 1 spiro atoms. The Morgan fingerprint density at radius 2 is 1.37 bits per heavy atom. The van der Waals surface area contributed by atoms with Gasteiger partial charge in [-0.25, -0.2) is 0 Å². The van der Waals surface area contributed by atoms with E-state index in [4.69, 9.17) is 0 Å². The lowest BCUT2D eigenvalue weighted by Gasteiger charge is -2.45. The van der Waals surface area contributed by atoms with Crippen molar-refractivity contribution in [3.63, 3.8) is 0 Å². The summed E-state index contributed by atoms with van der Waals surface area (Å²) < 4.78 is 2.50. The molecule has 1 aliphatic carbocycles. The van der Waals surface area contributed by atoms with Gasteiger partial charge in [-0.1, -0.05) is 153 Å². The summed E-state index contributed by atoms with van der Waals surface area (Å²) in [5, 5.41) is 11.8. The summed E-state index contributed by atoms with van der Waals surface area (Å²) in [6, 6.07) is 51.4. The van der Waals surface area contributed by atoms with E-state index in [2.05, 4.69) is 168 Å². The second-order valence-corrected chi connectivity index (χ2v) is 14.2. The van der Waals surface area contributed by atoms with Crippen LogP contribution in [0.2, 0.25) is 0 Å². The monoisotopic (exact) mass is 674 g/mol. The summed E-state index contributed by atoms with van der Waals surface area (Å²) in [5.41, 5.74) is 13.4. The molecule has 0 fully saturated rings. The van der Waals surface area contributed by atoms with Gasteiger partial charge in [-0.05, 0) is 93.8 Å². The van der Waals surface area contributed by atoms with Crippen LogP contribution in [0.25, 0.3) is 33.1 Å². The highest BCUT2D eigenvalue weighted by molar-refractivity contribution is 7.99. The fourth-order valence-electron chi connectivity index (χ4n) is 8.51. The predicted molar refractivity (Wildman–Crippen MR) is 216 cm³/mol. The van der Waals surface area contributed by atoms with Crippen LogP contribution >= 0.6 is 11.8 Å². The molecule has 3 heteroatoms. The molecule has 2 aliphatic heterocycles. The van der Waals surface area contributed by atoms with E-state index in [1.807, 2.05) is 25.6 Å². The van der Waals surface area contributed by atoms with E-state index in [1.54, 1.807) is 0 Å². The number of fused-ring (bicyclic) bond motifs is 11. The number of aromatic nitrogens is 1. The molecule has 10 rings (SSSR count). The van der Waals surface area contributed by atoms with Crippen molar-refractivity contribution in [3.8, 4) is 5.69 Å². The maximum Gasteiger partial charge on any atom is 0.0764 e. The van der Waals surface area contributed by atoms with Crippen LogP contribution in [0.4, 0.5) is 0 Å². The van der Waals surface area contributed by atoms with Gasteiger partial charge in [-0.3, -0.25) is 0 Å². The number of rotatable bonds is 4. The largest absolute Gasteiger partial charge is 0.309 e. The van der Waals surface area contributed by atoms with Gasteiger partial charge in [0.1, 0.15) is 0 Å². The summed E-state index contributed by atoms with van der Waals surface area (Å²) in [6.45, 7) is 4.00. The van der Waals surface area contributed by atoms with Crippen molar-refractivity contribution in [3.05, 3.63) is 203 Å². The van der Waals surface area contributed by atoms with Crippen molar-refractivity contribution in [1.29, 1.82) is 5.41 Å². The van der Waals surface area contributed by atoms with Crippen LogP contribution in [0, 0.1) is 5.41 Å². The van der Waals surface area contributed by atoms with Crippen LogP contribution < -0.4 is 0 Å². The fourth-order valence-corrected chi connectivity index (χ4v) is 9.68. The molecule has 0 bridgehead atoms. The standard InChI is InChI=1S/C46H32N2S.C2H6/c47-40(31-16-5-2-6-17-31)29-35(30-14-3-1-4-15-30)32-26-27-44-39(28-32)46(37-21-9-12-25-43(37)49-44)36-20-8-11-24-42(36)48-41-23-10-7-18-33(41)34-19-13-22-38(46)45(34)48;1-2/h1-5,7-16,18-29,47H,6,17H2;1-2H3/b35-29+,47-40?;. The molecular weight excluding hydrogens is 637 g/mol. The second kappa shape index (κ2) is 12.6. The Balaban J connectivity index is 0.00000171. The Bertz CT molecular complexity index is 2600. The Kier molecular flexibility index (Phi) is 7.74. The van der Waals surface area contributed by atoms with Crippen LogP contribution in [0.1, 0.15) is 60.1 Å². The SMILES string of the molecule is CC.N=C(/C=C(\c1ccccc1)c1ccc2c(c1)C1(c3ccccc3S2)c2ccccc2-n2c3ccccc3c3cccc1c32)C1=CC=CCC1. The molecule has 51 heavy (non-hydrogen) atoms. The van der Waals surface area contributed by atoms with Gasteiger partial charge in [0.15, 0.2) is 0 Å². The summed E-state index contributed by atoms with van der Waals surface area (Å²) in [6.07, 6.45) is 10.3. The van der Waals surface area contributed by atoms with Gasteiger partial charge in [-0.15, -0.1) is 0 Å². The number of benzene rings is 6. The molecule has 246 valence electrons. The van der Waals surface area contributed by atoms with Gasteiger partial charge in [0.05, 0.1) is 27.8 Å². The quantitative estimate of drug-likeness (QED) is 0.185. The van der Waals surface area contributed by atoms with E-state index in [-0.39, 0.29) is 0 Å². The van der Waals surface area contributed by atoms with Crippen molar-refractivity contribution in [2.45, 2.75) is 41.9 Å². The smallest absolute Gasteiger partial charge is 0.0764 e. The highest BCUT2D eigenvalue weighted by Crippen LogP contribution is 2.60. The predicted octanol–water partition coefficient (Wildman–Crippen LogP) is 12.7. The van der Waals surface area contributed by atoms with Crippen LogP contribution in [0.3, 0.4) is 0 Å². The topological polar surface area (TPSA) is 28.8 Å². The summed E-state index contributed by atoms with van der Waals surface area (Å²) >= 11 is 1.87. The lowest BCUT2D eigenvalue weighted by Crippen LogP contribution is -2.37. The minimum absolute atomic E-state index is 0.542. The Morgan fingerprint density at radius 3 is 2.22 bits per heavy atom. The molecule has 7 aromatic rings. The fraction of sp³-hybridized carbons (Fsp3) is 0.104. The van der Waals surface area contributed by atoms with Gasteiger partial charge in [0, 0.05) is 20.6 Å². The maximum atomic E-state index is 9.21. The third kappa shape index (κ3) is 4.68. The number of para-hydroxylation sites is 3. The first kappa shape index (κ1) is 31.3. The molecule has 0 saturated carbocycles. The number of allylic oxidation sites excluding steroid dienone is 5. The molecule has 0 saturated heterocycles. The first-order valence-electron chi connectivity index (χ1n) is 18.0. The third-order valence-electron chi connectivity index (χ3n) is 10.6. The molecule has 1 unspecified atom stereocenters. The van der Waals surface area contributed by atoms with Crippen molar-refractivity contribution in [1.82, 2.24) is 4.57 Å². The normalized spacial score (nSPS) is 16.9. The van der Waals surface area contributed by atoms with Gasteiger partial charge in [0.25, 0.3) is 0 Å². The van der Waals surface area contributed by atoms with Crippen LogP contribution in [0.15, 0.2) is 179 Å². The zero-order valence-electron chi connectivity index (χ0n) is 28.9. The lowest BCUT2D eigenvalue weighted by atomic mass is 9.62. The molecule has 6 aromatic carbocycles. The zero-order valence-corrected chi connectivity index (χ0v) is 29.7. The van der Waals surface area contributed by atoms with Crippen molar-refractivity contribution >= 4 is 44.9 Å². The van der Waals surface area contributed by atoms with Crippen molar-refractivity contribution in [2.75, 3.05) is 0 Å². The maximum absolute atomic E-state index is 9.21. The van der Waals surface area contributed by atoms with E-state index < -0.39 is 5.41 Å². The van der Waals surface area contributed by atoms with Crippen LogP contribution in [0.5, 0.6) is 0 Å². The summed E-state index contributed by atoms with van der Waals surface area (Å²) in [5.74, 6) is 0. The van der Waals surface area contributed by atoms with Gasteiger partial charge in [0.2, 0.25) is 0 Å². The minimum Gasteiger partial charge on any atom is -0.309 e. The summed E-state index contributed by atoms with van der Waals surface area (Å²) in [4.78, 5) is 2.55. The molecule has 3 aliphatic rings. The number of nitrogens with one attached hydrogen (secondary N) is 1. The van der Waals surface area contributed by atoms with Crippen molar-refractivity contribution < 1.29 is 0 Å². The molecule has 1 atom stereocenters. The van der Waals surface area contributed by atoms with Gasteiger partial charge in [-0.2, -0.15) is 0 Å². The van der Waals surface area contributed by atoms with E-state index in [0.717, 1.165) is 35.1 Å². The molecule has 0 amide bonds. The van der Waals surface area contributed by atoms with E-state index in [0.29, 0.717) is 5.71 Å². The second-order valence-electron chi connectivity index (χ2n) is 13.1.